The SMILES string of the molecule is CCOCCN(CC)C(=O)c1cc(C)ccc1NN. The highest BCUT2D eigenvalue weighted by Gasteiger charge is 2.17. The molecule has 106 valence electrons. The minimum atomic E-state index is -0.0288. The number of rotatable bonds is 7. The monoisotopic (exact) mass is 265 g/mol. The molecule has 0 saturated heterocycles. The normalized spacial score (nSPS) is 10.3. The summed E-state index contributed by atoms with van der Waals surface area (Å²) < 4.78 is 5.30. The molecule has 0 aliphatic carbocycles. The van der Waals surface area contributed by atoms with E-state index in [1.54, 1.807) is 4.90 Å². The number of hydrazine groups is 1. The van der Waals surface area contributed by atoms with Crippen molar-refractivity contribution in [2.24, 2.45) is 5.84 Å². The van der Waals surface area contributed by atoms with Crippen LogP contribution >= 0.6 is 0 Å². The molecule has 0 fully saturated rings. The summed E-state index contributed by atoms with van der Waals surface area (Å²) in [6.45, 7) is 8.28. The first-order chi connectivity index (χ1) is 9.13. The van der Waals surface area contributed by atoms with E-state index in [9.17, 15) is 4.79 Å². The molecule has 0 bridgehead atoms. The van der Waals surface area contributed by atoms with Crippen LogP contribution in [0.15, 0.2) is 18.2 Å². The summed E-state index contributed by atoms with van der Waals surface area (Å²) in [4.78, 5) is 14.2. The Morgan fingerprint density at radius 3 is 2.74 bits per heavy atom. The van der Waals surface area contributed by atoms with E-state index < -0.39 is 0 Å². The average molecular weight is 265 g/mol. The van der Waals surface area contributed by atoms with E-state index in [4.69, 9.17) is 10.6 Å². The summed E-state index contributed by atoms with van der Waals surface area (Å²) in [6.07, 6.45) is 0. The number of benzene rings is 1. The molecule has 0 radical (unpaired) electrons. The van der Waals surface area contributed by atoms with Gasteiger partial charge in [-0.25, -0.2) is 0 Å². The van der Waals surface area contributed by atoms with E-state index in [0.29, 0.717) is 37.6 Å². The van der Waals surface area contributed by atoms with Crippen LogP contribution in [0, 0.1) is 6.92 Å². The minimum Gasteiger partial charge on any atom is -0.380 e. The predicted molar refractivity (Wildman–Crippen MR) is 77.1 cm³/mol. The lowest BCUT2D eigenvalue weighted by molar-refractivity contribution is 0.0670. The number of carbonyl (C=O) groups excluding carboxylic acids is 1. The van der Waals surface area contributed by atoms with Gasteiger partial charge < -0.3 is 15.1 Å². The lowest BCUT2D eigenvalue weighted by atomic mass is 10.1. The van der Waals surface area contributed by atoms with Crippen LogP contribution in [0.4, 0.5) is 5.69 Å². The lowest BCUT2D eigenvalue weighted by Crippen LogP contribution is -2.34. The first kappa shape index (κ1) is 15.5. The summed E-state index contributed by atoms with van der Waals surface area (Å²) in [5.74, 6) is 5.43. The second-order valence-corrected chi connectivity index (χ2v) is 4.28. The van der Waals surface area contributed by atoms with Crippen molar-refractivity contribution in [2.75, 3.05) is 31.7 Å². The maximum atomic E-state index is 12.5. The van der Waals surface area contributed by atoms with Crippen molar-refractivity contribution < 1.29 is 9.53 Å². The Hall–Kier alpha value is -1.59. The van der Waals surface area contributed by atoms with Gasteiger partial charge in [0.2, 0.25) is 0 Å². The van der Waals surface area contributed by atoms with Crippen molar-refractivity contribution in [3.05, 3.63) is 29.3 Å². The second-order valence-electron chi connectivity index (χ2n) is 4.28. The number of nitrogens with one attached hydrogen (secondary N) is 1. The topological polar surface area (TPSA) is 67.6 Å². The van der Waals surface area contributed by atoms with E-state index in [2.05, 4.69) is 5.43 Å². The minimum absolute atomic E-state index is 0.0288. The number of nitrogens with zero attached hydrogens (tertiary/aromatic N) is 1. The Morgan fingerprint density at radius 1 is 1.42 bits per heavy atom. The van der Waals surface area contributed by atoms with Gasteiger partial charge in [-0.3, -0.25) is 10.6 Å². The van der Waals surface area contributed by atoms with Crippen molar-refractivity contribution >= 4 is 11.6 Å². The largest absolute Gasteiger partial charge is 0.380 e. The highest BCUT2D eigenvalue weighted by Crippen LogP contribution is 2.18. The van der Waals surface area contributed by atoms with Gasteiger partial charge in [-0.05, 0) is 32.9 Å². The van der Waals surface area contributed by atoms with Crippen molar-refractivity contribution in [1.82, 2.24) is 4.90 Å². The Balaban J connectivity index is 2.87. The third-order valence-electron chi connectivity index (χ3n) is 2.94. The molecule has 0 heterocycles. The molecule has 19 heavy (non-hydrogen) atoms. The number of ether oxygens (including phenoxy) is 1. The van der Waals surface area contributed by atoms with Gasteiger partial charge in [-0.15, -0.1) is 0 Å². The molecule has 3 N–H and O–H groups in total. The van der Waals surface area contributed by atoms with Crippen LogP contribution in [0.3, 0.4) is 0 Å². The first-order valence-electron chi connectivity index (χ1n) is 6.58. The number of likely N-dealkylation sites (N-methyl/N-ethyl adjacent to an activating group) is 1. The summed E-state index contributed by atoms with van der Waals surface area (Å²) in [6, 6.07) is 5.59. The van der Waals surface area contributed by atoms with Crippen molar-refractivity contribution in [2.45, 2.75) is 20.8 Å². The fourth-order valence-electron chi connectivity index (χ4n) is 1.85. The highest BCUT2D eigenvalue weighted by molar-refractivity contribution is 5.99. The number of nitrogens with two attached hydrogens (primary N) is 1. The summed E-state index contributed by atoms with van der Waals surface area (Å²) >= 11 is 0. The number of nitrogen functional groups attached to an aromatic ring is 1. The molecule has 0 unspecified atom stereocenters. The predicted octanol–water partition coefficient (Wildman–Crippen LogP) is 1.78. The lowest BCUT2D eigenvalue weighted by Gasteiger charge is -2.22. The molecule has 0 atom stereocenters. The van der Waals surface area contributed by atoms with Gasteiger partial charge in [0.05, 0.1) is 17.9 Å². The number of aryl methyl sites for hydroxylation is 1. The number of anilines is 1. The molecule has 1 rings (SSSR count). The number of amides is 1. The van der Waals surface area contributed by atoms with Crippen molar-refractivity contribution in [3.63, 3.8) is 0 Å². The van der Waals surface area contributed by atoms with Crippen LogP contribution in [-0.2, 0) is 4.74 Å². The molecular weight excluding hydrogens is 242 g/mol. The van der Waals surface area contributed by atoms with Crippen molar-refractivity contribution in [3.8, 4) is 0 Å². The van der Waals surface area contributed by atoms with Crippen LogP contribution in [0.25, 0.3) is 0 Å². The van der Waals surface area contributed by atoms with Crippen LogP contribution in [0.5, 0.6) is 0 Å². The molecule has 0 aromatic heterocycles. The van der Waals surface area contributed by atoms with E-state index in [1.165, 1.54) is 0 Å². The number of carbonyl (C=O) groups is 1. The molecule has 1 aromatic rings. The summed E-state index contributed by atoms with van der Waals surface area (Å²) in [5.41, 5.74) is 4.84. The Morgan fingerprint density at radius 2 is 2.16 bits per heavy atom. The van der Waals surface area contributed by atoms with Gasteiger partial charge in [-0.2, -0.15) is 0 Å². The van der Waals surface area contributed by atoms with Gasteiger partial charge in [0.15, 0.2) is 0 Å². The smallest absolute Gasteiger partial charge is 0.256 e. The molecule has 5 heteroatoms. The van der Waals surface area contributed by atoms with Crippen LogP contribution in [0.2, 0.25) is 0 Å². The van der Waals surface area contributed by atoms with E-state index in [1.807, 2.05) is 39.0 Å². The number of hydrogen-bond donors (Lipinski definition) is 2. The Kier molecular flexibility index (Phi) is 6.32. The summed E-state index contributed by atoms with van der Waals surface area (Å²) in [5, 5.41) is 0. The first-order valence-corrected chi connectivity index (χ1v) is 6.58. The standard InChI is InChI=1S/C14H23N3O2/c1-4-17(8-9-19-5-2)14(18)12-10-11(3)6-7-13(12)16-15/h6-7,10,16H,4-5,8-9,15H2,1-3H3. The average Bonchev–Trinajstić information content (AvgIpc) is 2.43. The van der Waals surface area contributed by atoms with E-state index in [0.717, 1.165) is 5.56 Å². The van der Waals surface area contributed by atoms with E-state index in [-0.39, 0.29) is 5.91 Å². The molecule has 0 aliphatic heterocycles. The van der Waals surface area contributed by atoms with Crippen LogP contribution in [0.1, 0.15) is 29.8 Å². The Bertz CT molecular complexity index is 421. The Labute approximate surface area is 114 Å². The molecular formula is C14H23N3O2. The molecule has 1 aromatic carbocycles. The van der Waals surface area contributed by atoms with Gasteiger partial charge in [0.25, 0.3) is 5.91 Å². The zero-order valence-electron chi connectivity index (χ0n) is 11.9. The van der Waals surface area contributed by atoms with Gasteiger partial charge in [-0.1, -0.05) is 11.6 Å². The maximum Gasteiger partial charge on any atom is 0.256 e. The van der Waals surface area contributed by atoms with Gasteiger partial charge >= 0.3 is 0 Å². The highest BCUT2D eigenvalue weighted by atomic mass is 16.5. The second kappa shape index (κ2) is 7.76. The molecule has 5 nitrogen and oxygen atoms in total. The quantitative estimate of drug-likeness (QED) is 0.448. The molecule has 1 amide bonds. The van der Waals surface area contributed by atoms with Crippen LogP contribution < -0.4 is 11.3 Å². The van der Waals surface area contributed by atoms with E-state index >= 15 is 0 Å². The van der Waals surface area contributed by atoms with Gasteiger partial charge in [0, 0.05) is 19.7 Å². The number of hydrogen-bond acceptors (Lipinski definition) is 4. The zero-order valence-corrected chi connectivity index (χ0v) is 11.9. The van der Waals surface area contributed by atoms with Crippen LogP contribution in [-0.4, -0.2) is 37.1 Å². The molecule has 0 saturated carbocycles. The zero-order chi connectivity index (χ0) is 14.3. The molecule has 0 aliphatic rings. The van der Waals surface area contributed by atoms with Crippen molar-refractivity contribution in [1.29, 1.82) is 0 Å². The van der Waals surface area contributed by atoms with Gasteiger partial charge in [0.1, 0.15) is 0 Å². The fraction of sp³-hybridized carbons (Fsp3) is 0.500. The third kappa shape index (κ3) is 4.22. The molecule has 0 spiro atoms. The fourth-order valence-corrected chi connectivity index (χ4v) is 1.85. The summed E-state index contributed by atoms with van der Waals surface area (Å²) in [7, 11) is 0. The third-order valence-corrected chi connectivity index (χ3v) is 2.94. The maximum absolute atomic E-state index is 12.5.